The van der Waals surface area contributed by atoms with Crippen molar-refractivity contribution < 1.29 is 4.79 Å². The lowest BCUT2D eigenvalue weighted by Gasteiger charge is -2.30. The average molecular weight is 255 g/mol. The summed E-state index contributed by atoms with van der Waals surface area (Å²) in [5.74, 6) is 0.309. The van der Waals surface area contributed by atoms with E-state index in [1.165, 1.54) is 25.7 Å². The van der Waals surface area contributed by atoms with Crippen molar-refractivity contribution in [1.82, 2.24) is 15.1 Å². The molecule has 0 aliphatic carbocycles. The number of carbonyl (C=O) groups is 1. The number of carbonyl (C=O) groups excluding carboxylic acids is 1. The third kappa shape index (κ3) is 5.83. The van der Waals surface area contributed by atoms with Crippen molar-refractivity contribution in [2.45, 2.75) is 39.5 Å². The van der Waals surface area contributed by atoms with Crippen LogP contribution in [-0.4, -0.2) is 61.5 Å². The molecular formula is C14H29N3O. The lowest BCUT2D eigenvalue weighted by Crippen LogP contribution is -2.49. The summed E-state index contributed by atoms with van der Waals surface area (Å²) in [5.41, 5.74) is 0. The van der Waals surface area contributed by atoms with Gasteiger partial charge < -0.3 is 10.2 Å². The Kier molecular flexibility index (Phi) is 8.01. The second-order valence-electron chi connectivity index (χ2n) is 5.11. The van der Waals surface area contributed by atoms with Gasteiger partial charge in [0.1, 0.15) is 0 Å². The molecule has 1 saturated heterocycles. The highest BCUT2D eigenvalue weighted by molar-refractivity contribution is 5.78. The number of nitrogens with one attached hydrogen (secondary N) is 1. The number of hydrogen-bond acceptors (Lipinski definition) is 3. The molecule has 1 aliphatic heterocycles. The van der Waals surface area contributed by atoms with E-state index in [1.807, 2.05) is 4.90 Å². The van der Waals surface area contributed by atoms with Gasteiger partial charge in [-0.2, -0.15) is 0 Å². The van der Waals surface area contributed by atoms with Crippen molar-refractivity contribution in [2.75, 3.05) is 45.8 Å². The van der Waals surface area contributed by atoms with Gasteiger partial charge in [-0.05, 0) is 25.9 Å². The zero-order chi connectivity index (χ0) is 13.2. The molecule has 0 saturated carbocycles. The topological polar surface area (TPSA) is 35.6 Å². The Bertz CT molecular complexity index is 219. The number of piperazine rings is 1. The van der Waals surface area contributed by atoms with Crippen LogP contribution in [0.15, 0.2) is 0 Å². The summed E-state index contributed by atoms with van der Waals surface area (Å²) in [7, 11) is 0. The normalized spacial score (nSPS) is 16.3. The number of unbranched alkanes of at least 4 members (excludes halogenated alkanes) is 2. The molecule has 0 atom stereocenters. The summed E-state index contributed by atoms with van der Waals surface area (Å²) >= 11 is 0. The molecule has 1 N–H and O–H groups in total. The lowest BCUT2D eigenvalue weighted by atomic mass is 10.2. The second-order valence-corrected chi connectivity index (χ2v) is 5.11. The molecular weight excluding hydrogens is 226 g/mol. The maximum Gasteiger partial charge on any atom is 0.236 e. The maximum atomic E-state index is 12.2. The van der Waals surface area contributed by atoms with Crippen LogP contribution in [0.3, 0.4) is 0 Å². The summed E-state index contributed by atoms with van der Waals surface area (Å²) in [4.78, 5) is 16.5. The summed E-state index contributed by atoms with van der Waals surface area (Å²) in [6.45, 7) is 10.8. The number of amides is 1. The maximum absolute atomic E-state index is 12.2. The molecule has 4 heteroatoms. The first-order valence-corrected chi connectivity index (χ1v) is 7.48. The van der Waals surface area contributed by atoms with Crippen molar-refractivity contribution >= 4 is 5.91 Å². The standard InChI is InChI=1S/C14H29N3O/c1-3-5-9-16(10-6-4-2)13-14(18)17-11-7-15-8-12-17/h15H,3-13H2,1-2H3. The molecule has 1 amide bonds. The zero-order valence-electron chi connectivity index (χ0n) is 12.1. The van der Waals surface area contributed by atoms with E-state index in [4.69, 9.17) is 0 Å². The monoisotopic (exact) mass is 255 g/mol. The largest absolute Gasteiger partial charge is 0.339 e. The molecule has 1 heterocycles. The highest BCUT2D eigenvalue weighted by atomic mass is 16.2. The minimum absolute atomic E-state index is 0.309. The highest BCUT2D eigenvalue weighted by Crippen LogP contribution is 2.02. The molecule has 0 aromatic carbocycles. The molecule has 0 aromatic heterocycles. The Morgan fingerprint density at radius 1 is 1.11 bits per heavy atom. The third-order valence-electron chi connectivity index (χ3n) is 3.48. The fourth-order valence-electron chi connectivity index (χ4n) is 2.24. The van der Waals surface area contributed by atoms with Gasteiger partial charge in [0.25, 0.3) is 0 Å². The van der Waals surface area contributed by atoms with Gasteiger partial charge in [0.15, 0.2) is 0 Å². The Labute approximate surface area is 112 Å². The highest BCUT2D eigenvalue weighted by Gasteiger charge is 2.18. The molecule has 0 unspecified atom stereocenters. The Morgan fingerprint density at radius 2 is 1.67 bits per heavy atom. The Balaban J connectivity index is 2.34. The summed E-state index contributed by atoms with van der Waals surface area (Å²) < 4.78 is 0. The first-order chi connectivity index (χ1) is 8.77. The van der Waals surface area contributed by atoms with Crippen molar-refractivity contribution in [3.05, 3.63) is 0 Å². The van der Waals surface area contributed by atoms with Gasteiger partial charge in [-0.15, -0.1) is 0 Å². The van der Waals surface area contributed by atoms with Crippen molar-refractivity contribution in [3.63, 3.8) is 0 Å². The third-order valence-corrected chi connectivity index (χ3v) is 3.48. The van der Waals surface area contributed by atoms with Crippen LogP contribution in [0.1, 0.15) is 39.5 Å². The number of nitrogens with zero attached hydrogens (tertiary/aromatic N) is 2. The summed E-state index contributed by atoms with van der Waals surface area (Å²) in [5, 5.41) is 3.28. The first kappa shape index (κ1) is 15.4. The Morgan fingerprint density at radius 3 is 2.17 bits per heavy atom. The molecule has 4 nitrogen and oxygen atoms in total. The minimum atomic E-state index is 0.309. The van der Waals surface area contributed by atoms with Crippen molar-refractivity contribution in [2.24, 2.45) is 0 Å². The average Bonchev–Trinajstić information content (AvgIpc) is 2.42. The fourth-order valence-corrected chi connectivity index (χ4v) is 2.24. The van der Waals surface area contributed by atoms with E-state index in [1.54, 1.807) is 0 Å². The van der Waals surface area contributed by atoms with E-state index in [2.05, 4.69) is 24.1 Å². The van der Waals surface area contributed by atoms with Gasteiger partial charge in [0, 0.05) is 26.2 Å². The van der Waals surface area contributed by atoms with Crippen LogP contribution < -0.4 is 5.32 Å². The predicted molar refractivity (Wildman–Crippen MR) is 75.7 cm³/mol. The molecule has 0 radical (unpaired) electrons. The molecule has 0 bridgehead atoms. The van der Waals surface area contributed by atoms with E-state index < -0.39 is 0 Å². The summed E-state index contributed by atoms with van der Waals surface area (Å²) in [6, 6.07) is 0. The van der Waals surface area contributed by atoms with Gasteiger partial charge in [-0.25, -0.2) is 0 Å². The van der Waals surface area contributed by atoms with Crippen LogP contribution in [-0.2, 0) is 4.79 Å². The van der Waals surface area contributed by atoms with Crippen LogP contribution in [0.5, 0.6) is 0 Å². The van der Waals surface area contributed by atoms with Crippen LogP contribution in [0, 0.1) is 0 Å². The molecule has 0 aromatic rings. The van der Waals surface area contributed by atoms with Crippen molar-refractivity contribution in [3.8, 4) is 0 Å². The molecule has 0 spiro atoms. The van der Waals surface area contributed by atoms with Gasteiger partial charge in [-0.3, -0.25) is 9.69 Å². The van der Waals surface area contributed by atoms with Gasteiger partial charge >= 0.3 is 0 Å². The van der Waals surface area contributed by atoms with Crippen LogP contribution in [0.4, 0.5) is 0 Å². The SMILES string of the molecule is CCCCN(CCCC)CC(=O)N1CCNCC1. The van der Waals surface area contributed by atoms with Crippen molar-refractivity contribution in [1.29, 1.82) is 0 Å². The number of rotatable bonds is 8. The predicted octanol–water partition coefficient (Wildman–Crippen LogP) is 1.32. The van der Waals surface area contributed by atoms with Crippen LogP contribution >= 0.6 is 0 Å². The van der Waals surface area contributed by atoms with E-state index in [9.17, 15) is 4.79 Å². The van der Waals surface area contributed by atoms with E-state index >= 15 is 0 Å². The smallest absolute Gasteiger partial charge is 0.236 e. The van der Waals surface area contributed by atoms with Crippen LogP contribution in [0.25, 0.3) is 0 Å². The van der Waals surface area contributed by atoms with E-state index in [-0.39, 0.29) is 0 Å². The molecule has 1 rings (SSSR count). The molecule has 18 heavy (non-hydrogen) atoms. The van der Waals surface area contributed by atoms with E-state index in [0.717, 1.165) is 39.3 Å². The quantitative estimate of drug-likeness (QED) is 0.710. The summed E-state index contributed by atoms with van der Waals surface area (Å²) in [6.07, 6.45) is 4.78. The first-order valence-electron chi connectivity index (χ1n) is 7.48. The molecule has 1 aliphatic rings. The van der Waals surface area contributed by atoms with Gasteiger partial charge in [0.05, 0.1) is 6.54 Å². The van der Waals surface area contributed by atoms with Crippen LogP contribution in [0.2, 0.25) is 0 Å². The van der Waals surface area contributed by atoms with Gasteiger partial charge in [0.2, 0.25) is 5.91 Å². The van der Waals surface area contributed by atoms with E-state index in [0.29, 0.717) is 12.5 Å². The number of hydrogen-bond donors (Lipinski definition) is 1. The minimum Gasteiger partial charge on any atom is -0.339 e. The molecule has 1 fully saturated rings. The zero-order valence-corrected chi connectivity index (χ0v) is 12.1. The Hall–Kier alpha value is -0.610. The lowest BCUT2D eigenvalue weighted by molar-refractivity contribution is -0.133. The molecule has 106 valence electrons. The van der Waals surface area contributed by atoms with Gasteiger partial charge in [-0.1, -0.05) is 26.7 Å². The second kappa shape index (κ2) is 9.34. The fraction of sp³-hybridized carbons (Fsp3) is 0.929.